The highest BCUT2D eigenvalue weighted by molar-refractivity contribution is 7.09. The fourth-order valence-electron chi connectivity index (χ4n) is 1.37. The normalized spacial score (nSPS) is 10.4. The predicted octanol–water partition coefficient (Wildman–Crippen LogP) is 2.30. The Morgan fingerprint density at radius 2 is 2.33 bits per heavy atom. The molecule has 1 aromatic heterocycles. The van der Waals surface area contributed by atoms with E-state index in [2.05, 4.69) is 10.3 Å². The summed E-state index contributed by atoms with van der Waals surface area (Å²) in [6, 6.07) is 4.53. The molecule has 1 amide bonds. The third kappa shape index (κ3) is 2.72. The van der Waals surface area contributed by atoms with Gasteiger partial charge in [0.2, 0.25) is 0 Å². The molecule has 3 N–H and O–H groups in total. The molecular weight excluding hydrogens is 253 g/mol. The Balaban J connectivity index is 2.13. The van der Waals surface area contributed by atoms with Gasteiger partial charge in [0.15, 0.2) is 0 Å². The molecule has 0 aliphatic heterocycles. The lowest BCUT2D eigenvalue weighted by Crippen LogP contribution is -2.13. The highest BCUT2D eigenvalue weighted by atomic mass is 32.1. The summed E-state index contributed by atoms with van der Waals surface area (Å²) in [6.07, 6.45) is 0. The minimum absolute atomic E-state index is 0.293. The maximum absolute atomic E-state index is 13.3. The second kappa shape index (κ2) is 5.24. The summed E-state index contributed by atoms with van der Waals surface area (Å²) in [5.41, 5.74) is 6.65. The number of thiazole rings is 1. The van der Waals surface area contributed by atoms with Crippen molar-refractivity contribution in [3.05, 3.63) is 45.7 Å². The predicted molar refractivity (Wildman–Crippen MR) is 69.1 cm³/mol. The average Bonchev–Trinajstić information content (AvgIpc) is 2.82. The van der Waals surface area contributed by atoms with Gasteiger partial charge in [-0.15, -0.1) is 11.3 Å². The van der Waals surface area contributed by atoms with Crippen LogP contribution in [-0.4, -0.2) is 10.9 Å². The minimum Gasteiger partial charge on any atom is -0.325 e. The fourth-order valence-corrected chi connectivity index (χ4v) is 2.03. The zero-order chi connectivity index (χ0) is 13.1. The van der Waals surface area contributed by atoms with Crippen molar-refractivity contribution < 1.29 is 9.18 Å². The van der Waals surface area contributed by atoms with Gasteiger partial charge in [0.05, 0.1) is 0 Å². The highest BCUT2D eigenvalue weighted by Gasteiger charge is 2.11. The third-order valence-corrected chi connectivity index (χ3v) is 3.26. The van der Waals surface area contributed by atoms with Gasteiger partial charge in [-0.3, -0.25) is 4.79 Å². The minimum atomic E-state index is -0.366. The number of benzene rings is 1. The van der Waals surface area contributed by atoms with Crippen LogP contribution in [0.3, 0.4) is 0 Å². The molecule has 0 atom stereocenters. The van der Waals surface area contributed by atoms with Gasteiger partial charge >= 0.3 is 0 Å². The Morgan fingerprint density at radius 3 is 2.94 bits per heavy atom. The summed E-state index contributed by atoms with van der Waals surface area (Å²) in [6.45, 7) is 1.96. The molecule has 6 heteroatoms. The van der Waals surface area contributed by atoms with Gasteiger partial charge in [0.25, 0.3) is 5.91 Å². The molecule has 1 aromatic carbocycles. The Morgan fingerprint density at radius 1 is 1.56 bits per heavy atom. The average molecular weight is 265 g/mol. The van der Waals surface area contributed by atoms with Gasteiger partial charge in [-0.05, 0) is 24.6 Å². The van der Waals surface area contributed by atoms with E-state index in [1.807, 2.05) is 0 Å². The molecule has 0 spiro atoms. The third-order valence-electron chi connectivity index (χ3n) is 2.39. The molecule has 0 radical (unpaired) electrons. The SMILES string of the molecule is Cc1ccc(NC(=O)c2csc(CN)n2)cc1F. The Bertz CT molecular complexity index is 582. The van der Waals surface area contributed by atoms with Crippen LogP contribution in [0.15, 0.2) is 23.6 Å². The second-order valence-corrected chi connectivity index (χ2v) is 4.69. The number of hydrogen-bond donors (Lipinski definition) is 2. The van der Waals surface area contributed by atoms with E-state index in [0.29, 0.717) is 28.5 Å². The number of nitrogens with two attached hydrogens (primary N) is 1. The lowest BCUT2D eigenvalue weighted by atomic mass is 10.2. The summed E-state index contributed by atoms with van der Waals surface area (Å²) in [5.74, 6) is -0.720. The van der Waals surface area contributed by atoms with E-state index in [1.54, 1.807) is 24.4 Å². The Kier molecular flexibility index (Phi) is 3.69. The zero-order valence-electron chi connectivity index (χ0n) is 9.74. The van der Waals surface area contributed by atoms with Gasteiger partial charge in [0.1, 0.15) is 16.5 Å². The van der Waals surface area contributed by atoms with E-state index in [0.717, 1.165) is 0 Å². The number of hydrogen-bond acceptors (Lipinski definition) is 4. The second-order valence-electron chi connectivity index (χ2n) is 3.75. The van der Waals surface area contributed by atoms with E-state index in [4.69, 9.17) is 5.73 Å². The number of aromatic nitrogens is 1. The van der Waals surface area contributed by atoms with Crippen LogP contribution in [-0.2, 0) is 6.54 Å². The highest BCUT2D eigenvalue weighted by Crippen LogP contribution is 2.15. The largest absolute Gasteiger partial charge is 0.325 e. The van der Waals surface area contributed by atoms with Crippen molar-refractivity contribution in [1.29, 1.82) is 0 Å². The van der Waals surface area contributed by atoms with Crippen LogP contribution in [0.25, 0.3) is 0 Å². The molecule has 0 fully saturated rings. The van der Waals surface area contributed by atoms with Crippen molar-refractivity contribution in [2.24, 2.45) is 5.73 Å². The molecule has 0 saturated carbocycles. The van der Waals surface area contributed by atoms with Crippen LogP contribution in [0.1, 0.15) is 21.1 Å². The van der Waals surface area contributed by atoms with Crippen molar-refractivity contribution >= 4 is 22.9 Å². The van der Waals surface area contributed by atoms with Crippen molar-refractivity contribution in [3.63, 3.8) is 0 Å². The van der Waals surface area contributed by atoms with Crippen molar-refractivity contribution in [2.75, 3.05) is 5.32 Å². The van der Waals surface area contributed by atoms with Crippen LogP contribution in [0.2, 0.25) is 0 Å². The van der Waals surface area contributed by atoms with Crippen molar-refractivity contribution in [2.45, 2.75) is 13.5 Å². The number of amides is 1. The molecule has 0 aliphatic carbocycles. The number of carbonyl (C=O) groups excluding carboxylic acids is 1. The molecule has 0 saturated heterocycles. The maximum Gasteiger partial charge on any atom is 0.275 e. The Hall–Kier alpha value is -1.79. The first-order valence-corrected chi connectivity index (χ1v) is 6.20. The van der Waals surface area contributed by atoms with E-state index in [9.17, 15) is 9.18 Å². The first kappa shape index (κ1) is 12.7. The number of aryl methyl sites for hydroxylation is 1. The van der Waals surface area contributed by atoms with Crippen LogP contribution in [0, 0.1) is 12.7 Å². The zero-order valence-corrected chi connectivity index (χ0v) is 10.6. The molecule has 0 aliphatic rings. The monoisotopic (exact) mass is 265 g/mol. The maximum atomic E-state index is 13.3. The first-order valence-electron chi connectivity index (χ1n) is 5.32. The summed E-state index contributed by atoms with van der Waals surface area (Å²) < 4.78 is 13.3. The summed E-state index contributed by atoms with van der Waals surface area (Å²) in [7, 11) is 0. The quantitative estimate of drug-likeness (QED) is 0.894. The van der Waals surface area contributed by atoms with Gasteiger partial charge < -0.3 is 11.1 Å². The topological polar surface area (TPSA) is 68.0 Å². The lowest BCUT2D eigenvalue weighted by molar-refractivity contribution is 0.102. The summed E-state index contributed by atoms with van der Waals surface area (Å²) in [4.78, 5) is 15.9. The van der Waals surface area contributed by atoms with Crippen LogP contribution in [0.5, 0.6) is 0 Å². The van der Waals surface area contributed by atoms with Gasteiger partial charge in [-0.1, -0.05) is 6.07 Å². The number of carbonyl (C=O) groups is 1. The number of anilines is 1. The van der Waals surface area contributed by atoms with E-state index < -0.39 is 0 Å². The molecule has 2 aromatic rings. The van der Waals surface area contributed by atoms with Crippen LogP contribution >= 0.6 is 11.3 Å². The molecule has 0 bridgehead atoms. The van der Waals surface area contributed by atoms with Crippen molar-refractivity contribution in [3.8, 4) is 0 Å². The van der Waals surface area contributed by atoms with Gasteiger partial charge in [-0.25, -0.2) is 9.37 Å². The molecule has 2 rings (SSSR count). The number of nitrogens with zero attached hydrogens (tertiary/aromatic N) is 1. The molecular formula is C12H12FN3OS. The molecule has 4 nitrogen and oxygen atoms in total. The Labute approximate surface area is 108 Å². The fraction of sp³-hybridized carbons (Fsp3) is 0.167. The lowest BCUT2D eigenvalue weighted by Gasteiger charge is -2.04. The number of rotatable bonds is 3. The number of nitrogens with one attached hydrogen (secondary N) is 1. The van der Waals surface area contributed by atoms with Gasteiger partial charge in [-0.2, -0.15) is 0 Å². The van der Waals surface area contributed by atoms with E-state index >= 15 is 0 Å². The van der Waals surface area contributed by atoms with Crippen LogP contribution < -0.4 is 11.1 Å². The molecule has 18 heavy (non-hydrogen) atoms. The molecule has 94 valence electrons. The smallest absolute Gasteiger partial charge is 0.275 e. The first-order chi connectivity index (χ1) is 8.60. The summed E-state index contributed by atoms with van der Waals surface area (Å²) >= 11 is 1.32. The molecule has 0 unspecified atom stereocenters. The standard InChI is InChI=1S/C12H12FN3OS/c1-7-2-3-8(4-9(7)13)15-12(17)10-6-18-11(5-14)16-10/h2-4,6H,5,14H2,1H3,(H,15,17). The molecule has 1 heterocycles. The van der Waals surface area contributed by atoms with Crippen molar-refractivity contribution in [1.82, 2.24) is 4.98 Å². The summed E-state index contributed by atoms with van der Waals surface area (Å²) in [5, 5.41) is 4.91. The van der Waals surface area contributed by atoms with Gasteiger partial charge in [0, 0.05) is 17.6 Å². The number of halogens is 1. The van der Waals surface area contributed by atoms with E-state index in [-0.39, 0.29) is 11.7 Å². The van der Waals surface area contributed by atoms with E-state index in [1.165, 1.54) is 17.4 Å². The van der Waals surface area contributed by atoms with Crippen LogP contribution in [0.4, 0.5) is 10.1 Å².